The van der Waals surface area contributed by atoms with Gasteiger partial charge in [-0.15, -0.1) is 11.3 Å². The van der Waals surface area contributed by atoms with Crippen molar-refractivity contribution in [3.8, 4) is 0 Å². The molecule has 3 N–H and O–H groups in total. The largest absolute Gasteiger partial charge is 0.271 e. The molecule has 0 aliphatic carbocycles. The lowest BCUT2D eigenvalue weighted by Gasteiger charge is -2.15. The van der Waals surface area contributed by atoms with Crippen LogP contribution in [0.5, 0.6) is 0 Å². The smallest absolute Gasteiger partial charge is 0.0564 e. The summed E-state index contributed by atoms with van der Waals surface area (Å²) in [6.07, 6.45) is 3.59. The Labute approximate surface area is 104 Å². The first-order chi connectivity index (χ1) is 7.15. The van der Waals surface area contributed by atoms with Gasteiger partial charge in [-0.05, 0) is 39.7 Å². The number of hydrogen-bond donors (Lipinski definition) is 2. The van der Waals surface area contributed by atoms with Crippen LogP contribution in [0.1, 0.15) is 44.0 Å². The van der Waals surface area contributed by atoms with Crippen LogP contribution in [0, 0.1) is 5.92 Å². The summed E-state index contributed by atoms with van der Waals surface area (Å²) >= 11 is 5.30. The van der Waals surface area contributed by atoms with Crippen LogP contribution in [0.25, 0.3) is 0 Å². The third-order valence-corrected chi connectivity index (χ3v) is 4.42. The molecule has 15 heavy (non-hydrogen) atoms. The SMILES string of the molecule is CC(C)CCCC(NN)c1sccc1Br. The first kappa shape index (κ1) is 13.2. The zero-order chi connectivity index (χ0) is 11.3. The summed E-state index contributed by atoms with van der Waals surface area (Å²) < 4.78 is 1.17. The van der Waals surface area contributed by atoms with Crippen LogP contribution < -0.4 is 11.3 Å². The molecule has 1 heterocycles. The second-order valence-electron chi connectivity index (χ2n) is 4.18. The normalized spacial score (nSPS) is 13.4. The van der Waals surface area contributed by atoms with Crippen molar-refractivity contribution in [1.82, 2.24) is 5.43 Å². The Bertz CT molecular complexity index is 286. The number of hydrogen-bond acceptors (Lipinski definition) is 3. The van der Waals surface area contributed by atoms with Crippen molar-refractivity contribution in [1.29, 1.82) is 0 Å². The first-order valence-corrected chi connectivity index (χ1v) is 7.01. The minimum atomic E-state index is 0.290. The van der Waals surface area contributed by atoms with Crippen molar-refractivity contribution in [2.75, 3.05) is 0 Å². The summed E-state index contributed by atoms with van der Waals surface area (Å²) in [5.41, 5.74) is 2.90. The molecule has 0 saturated heterocycles. The molecule has 0 spiro atoms. The first-order valence-electron chi connectivity index (χ1n) is 5.34. The maximum atomic E-state index is 5.59. The van der Waals surface area contributed by atoms with E-state index in [1.54, 1.807) is 11.3 Å². The van der Waals surface area contributed by atoms with E-state index in [2.05, 4.69) is 46.6 Å². The third-order valence-electron chi connectivity index (χ3n) is 2.44. The third kappa shape index (κ3) is 4.23. The van der Waals surface area contributed by atoms with Gasteiger partial charge < -0.3 is 0 Å². The van der Waals surface area contributed by atoms with Gasteiger partial charge in [-0.2, -0.15) is 0 Å². The second kappa shape index (κ2) is 6.63. The average molecular weight is 291 g/mol. The topological polar surface area (TPSA) is 38.0 Å². The molecule has 0 radical (unpaired) electrons. The monoisotopic (exact) mass is 290 g/mol. The molecule has 1 atom stereocenters. The van der Waals surface area contributed by atoms with Crippen molar-refractivity contribution < 1.29 is 0 Å². The Kier molecular flexibility index (Phi) is 5.82. The minimum absolute atomic E-state index is 0.290. The fourth-order valence-corrected chi connectivity index (χ4v) is 3.32. The molecule has 4 heteroatoms. The average Bonchev–Trinajstić information content (AvgIpc) is 2.59. The van der Waals surface area contributed by atoms with Gasteiger partial charge in [0.15, 0.2) is 0 Å². The zero-order valence-electron chi connectivity index (χ0n) is 9.29. The van der Waals surface area contributed by atoms with Gasteiger partial charge in [-0.1, -0.05) is 26.7 Å². The van der Waals surface area contributed by atoms with E-state index in [4.69, 9.17) is 5.84 Å². The van der Waals surface area contributed by atoms with Gasteiger partial charge in [-0.3, -0.25) is 11.3 Å². The Morgan fingerprint density at radius 3 is 2.67 bits per heavy atom. The summed E-state index contributed by atoms with van der Waals surface area (Å²) in [5.74, 6) is 6.36. The van der Waals surface area contributed by atoms with Gasteiger partial charge in [0, 0.05) is 9.35 Å². The lowest BCUT2D eigenvalue weighted by molar-refractivity contribution is 0.458. The number of nitrogens with one attached hydrogen (secondary N) is 1. The van der Waals surface area contributed by atoms with Gasteiger partial charge in [0.25, 0.3) is 0 Å². The fourth-order valence-electron chi connectivity index (χ4n) is 1.57. The molecule has 1 unspecified atom stereocenters. The van der Waals surface area contributed by atoms with Crippen molar-refractivity contribution in [2.24, 2.45) is 11.8 Å². The predicted molar refractivity (Wildman–Crippen MR) is 70.8 cm³/mol. The fraction of sp³-hybridized carbons (Fsp3) is 0.636. The summed E-state index contributed by atoms with van der Waals surface area (Å²) in [5, 5.41) is 2.09. The van der Waals surface area contributed by atoms with Crippen molar-refractivity contribution in [3.05, 3.63) is 20.8 Å². The molecule has 2 nitrogen and oxygen atoms in total. The summed E-state index contributed by atoms with van der Waals surface area (Å²) in [6, 6.07) is 2.37. The van der Waals surface area contributed by atoms with Crippen LogP contribution in [-0.4, -0.2) is 0 Å². The molecule has 0 aromatic carbocycles. The lowest BCUT2D eigenvalue weighted by Crippen LogP contribution is -2.27. The van der Waals surface area contributed by atoms with Crippen LogP contribution in [-0.2, 0) is 0 Å². The molecule has 0 aliphatic rings. The van der Waals surface area contributed by atoms with E-state index in [1.165, 1.54) is 22.2 Å². The van der Waals surface area contributed by atoms with Crippen LogP contribution >= 0.6 is 27.3 Å². The quantitative estimate of drug-likeness (QED) is 0.617. The van der Waals surface area contributed by atoms with Crippen LogP contribution in [0.15, 0.2) is 15.9 Å². The summed E-state index contributed by atoms with van der Waals surface area (Å²) in [7, 11) is 0. The number of nitrogens with two attached hydrogens (primary N) is 1. The van der Waals surface area contributed by atoms with E-state index in [9.17, 15) is 0 Å². The highest BCUT2D eigenvalue weighted by atomic mass is 79.9. The molecule has 0 amide bonds. The van der Waals surface area contributed by atoms with E-state index in [-0.39, 0.29) is 6.04 Å². The molecule has 0 fully saturated rings. The van der Waals surface area contributed by atoms with Gasteiger partial charge in [0.05, 0.1) is 6.04 Å². The van der Waals surface area contributed by atoms with Gasteiger partial charge in [0.2, 0.25) is 0 Å². The molecule has 1 aromatic heterocycles. The Balaban J connectivity index is 2.46. The van der Waals surface area contributed by atoms with Crippen molar-refractivity contribution >= 4 is 27.3 Å². The highest BCUT2D eigenvalue weighted by molar-refractivity contribution is 9.10. The maximum Gasteiger partial charge on any atom is 0.0564 e. The molecular weight excluding hydrogens is 272 g/mol. The minimum Gasteiger partial charge on any atom is -0.271 e. The highest BCUT2D eigenvalue weighted by Gasteiger charge is 2.14. The van der Waals surface area contributed by atoms with Crippen molar-refractivity contribution in [2.45, 2.75) is 39.2 Å². The van der Waals surface area contributed by atoms with E-state index < -0.39 is 0 Å². The second-order valence-corrected chi connectivity index (χ2v) is 5.98. The molecule has 1 rings (SSSR count). The molecule has 86 valence electrons. The van der Waals surface area contributed by atoms with E-state index in [0.717, 1.165) is 12.3 Å². The molecular formula is C11H19BrN2S. The lowest BCUT2D eigenvalue weighted by atomic mass is 10.0. The number of hydrazine groups is 1. The molecule has 1 aromatic rings. The Morgan fingerprint density at radius 2 is 2.20 bits per heavy atom. The standard InChI is InChI=1S/C11H19BrN2S/c1-8(2)4-3-5-10(14-13)11-9(12)6-7-15-11/h6-8,10,14H,3-5,13H2,1-2H3. The van der Waals surface area contributed by atoms with Crippen LogP contribution in [0.3, 0.4) is 0 Å². The van der Waals surface area contributed by atoms with Crippen LogP contribution in [0.2, 0.25) is 0 Å². The van der Waals surface area contributed by atoms with Crippen molar-refractivity contribution in [3.63, 3.8) is 0 Å². The van der Waals surface area contributed by atoms with Gasteiger partial charge in [0.1, 0.15) is 0 Å². The van der Waals surface area contributed by atoms with Crippen LogP contribution in [0.4, 0.5) is 0 Å². The maximum absolute atomic E-state index is 5.59. The number of halogens is 1. The molecule has 0 aliphatic heterocycles. The van der Waals surface area contributed by atoms with E-state index >= 15 is 0 Å². The predicted octanol–water partition coefficient (Wildman–Crippen LogP) is 3.84. The summed E-state index contributed by atoms with van der Waals surface area (Å²) in [6.45, 7) is 4.51. The number of rotatable bonds is 6. The molecule has 0 saturated carbocycles. The number of thiophene rings is 1. The summed E-state index contributed by atoms with van der Waals surface area (Å²) in [4.78, 5) is 1.31. The highest BCUT2D eigenvalue weighted by Crippen LogP contribution is 2.31. The van der Waals surface area contributed by atoms with E-state index in [0.29, 0.717) is 0 Å². The zero-order valence-corrected chi connectivity index (χ0v) is 11.7. The Hall–Kier alpha value is 0.100. The molecule has 0 bridgehead atoms. The van der Waals surface area contributed by atoms with Gasteiger partial charge >= 0.3 is 0 Å². The Morgan fingerprint density at radius 1 is 1.47 bits per heavy atom. The van der Waals surface area contributed by atoms with E-state index in [1.807, 2.05) is 0 Å². The van der Waals surface area contributed by atoms with Gasteiger partial charge in [-0.25, -0.2) is 0 Å².